The number of hydrogen-bond donors (Lipinski definition) is 0. The van der Waals surface area contributed by atoms with Gasteiger partial charge < -0.3 is 0 Å². The number of carbonyl (C=O) groups is 1. The summed E-state index contributed by atoms with van der Waals surface area (Å²) in [4.78, 5) is 11.0. The van der Waals surface area contributed by atoms with E-state index in [0.717, 1.165) is 12.1 Å². The minimum Gasteiger partial charge on any atom is -0.281 e. The van der Waals surface area contributed by atoms with Crippen molar-refractivity contribution in [3.05, 3.63) is 35.4 Å². The summed E-state index contributed by atoms with van der Waals surface area (Å²) in [6.07, 6.45) is -3.89. The minimum atomic E-state index is -4.36. The van der Waals surface area contributed by atoms with Gasteiger partial charge in [-0.25, -0.2) is 0 Å². The van der Waals surface area contributed by atoms with E-state index < -0.39 is 22.9 Å². The Bertz CT molecular complexity index is 370. The topological polar surface area (TPSA) is 17.1 Å². The van der Waals surface area contributed by atoms with Crippen molar-refractivity contribution in [3.8, 4) is 0 Å². The lowest BCUT2D eigenvalue weighted by Gasteiger charge is -2.12. The van der Waals surface area contributed by atoms with E-state index in [2.05, 4.69) is 0 Å². The van der Waals surface area contributed by atoms with Gasteiger partial charge in [0, 0.05) is 0 Å². The number of benzene rings is 1. The lowest BCUT2D eigenvalue weighted by molar-refractivity contribution is -0.137. The van der Waals surface area contributed by atoms with Gasteiger partial charge in [0.1, 0.15) is 0 Å². The van der Waals surface area contributed by atoms with Gasteiger partial charge in [-0.3, -0.25) is 4.79 Å². The summed E-state index contributed by atoms with van der Waals surface area (Å²) in [6, 6.07) is 4.49. The Labute approximate surface area is 96.2 Å². The second-order valence-corrected chi connectivity index (χ2v) is 3.76. The van der Waals surface area contributed by atoms with Crippen molar-refractivity contribution in [2.24, 2.45) is 0 Å². The Hall–Kier alpha value is -1.03. The maximum atomic E-state index is 12.3. The molecule has 1 nitrogen and oxygen atoms in total. The first kappa shape index (κ1) is 13.0. The first-order valence-corrected chi connectivity index (χ1v) is 5.10. The fourth-order valence-electron chi connectivity index (χ4n) is 1.43. The van der Waals surface area contributed by atoms with E-state index in [-0.39, 0.29) is 0 Å². The molecule has 0 aromatic heterocycles. The van der Waals surface area contributed by atoms with Gasteiger partial charge in [0.25, 0.3) is 0 Å². The second-order valence-electron chi connectivity index (χ2n) is 3.38. The van der Waals surface area contributed by atoms with E-state index >= 15 is 0 Å². The summed E-state index contributed by atoms with van der Waals surface area (Å²) < 4.78 is 36.8. The van der Waals surface area contributed by atoms with Crippen molar-refractivity contribution in [3.63, 3.8) is 0 Å². The van der Waals surface area contributed by atoms with Crippen LogP contribution in [-0.4, -0.2) is 5.24 Å². The predicted octanol–water partition coefficient (Wildman–Crippen LogP) is 3.96. The van der Waals surface area contributed by atoms with Crippen molar-refractivity contribution < 1.29 is 18.0 Å². The van der Waals surface area contributed by atoms with E-state index in [9.17, 15) is 18.0 Å². The van der Waals surface area contributed by atoms with Crippen LogP contribution in [0.4, 0.5) is 13.2 Å². The zero-order chi connectivity index (χ0) is 12.3. The van der Waals surface area contributed by atoms with Crippen molar-refractivity contribution in [1.82, 2.24) is 0 Å². The molecule has 1 rings (SSSR count). The van der Waals surface area contributed by atoms with E-state index in [1.54, 1.807) is 6.92 Å². The van der Waals surface area contributed by atoms with Crippen molar-refractivity contribution in [2.45, 2.75) is 25.4 Å². The molecule has 1 atom stereocenters. The standard InChI is InChI=1S/C11H10ClF3O/c1-2-9(10(12)16)7-3-5-8(6-4-7)11(13,14)15/h3-6,9H,2H2,1H3. The molecule has 16 heavy (non-hydrogen) atoms. The second kappa shape index (κ2) is 4.87. The molecule has 0 fully saturated rings. The molecule has 0 spiro atoms. The van der Waals surface area contributed by atoms with Gasteiger partial charge in [-0.05, 0) is 35.7 Å². The fraction of sp³-hybridized carbons (Fsp3) is 0.364. The molecule has 1 aromatic carbocycles. The third-order valence-corrected chi connectivity index (χ3v) is 2.59. The SMILES string of the molecule is CCC(C(=O)Cl)c1ccc(C(F)(F)F)cc1. The van der Waals surface area contributed by atoms with E-state index in [0.29, 0.717) is 12.0 Å². The smallest absolute Gasteiger partial charge is 0.281 e. The third kappa shape index (κ3) is 2.98. The lowest BCUT2D eigenvalue weighted by atomic mass is 9.97. The molecule has 0 saturated carbocycles. The summed E-state index contributed by atoms with van der Waals surface area (Å²) in [5.74, 6) is -0.538. The first-order valence-electron chi connectivity index (χ1n) is 4.72. The molecule has 88 valence electrons. The van der Waals surface area contributed by atoms with Gasteiger partial charge in [-0.2, -0.15) is 13.2 Å². The molecule has 0 saturated heterocycles. The molecule has 0 aliphatic rings. The van der Waals surface area contributed by atoms with E-state index in [4.69, 9.17) is 11.6 Å². The van der Waals surface area contributed by atoms with Crippen LogP contribution in [0.3, 0.4) is 0 Å². The fourth-order valence-corrected chi connectivity index (χ4v) is 1.71. The molecule has 0 aliphatic heterocycles. The highest BCUT2D eigenvalue weighted by atomic mass is 35.5. The van der Waals surface area contributed by atoms with Crippen LogP contribution in [-0.2, 0) is 11.0 Å². The highest BCUT2D eigenvalue weighted by Crippen LogP contribution is 2.31. The summed E-state index contributed by atoms with van der Waals surface area (Å²) in [6.45, 7) is 1.75. The molecule has 1 unspecified atom stereocenters. The lowest BCUT2D eigenvalue weighted by Crippen LogP contribution is -2.08. The highest BCUT2D eigenvalue weighted by Gasteiger charge is 2.30. The Morgan fingerprint density at radius 2 is 1.81 bits per heavy atom. The molecule has 1 aromatic rings. The average molecular weight is 251 g/mol. The van der Waals surface area contributed by atoms with Gasteiger partial charge >= 0.3 is 6.18 Å². The molecule has 0 heterocycles. The predicted molar refractivity (Wildman–Crippen MR) is 55.3 cm³/mol. The maximum absolute atomic E-state index is 12.3. The number of rotatable bonds is 3. The van der Waals surface area contributed by atoms with Crippen LogP contribution in [0.25, 0.3) is 0 Å². The van der Waals surface area contributed by atoms with Gasteiger partial charge in [0.05, 0.1) is 11.5 Å². The Morgan fingerprint density at radius 3 is 2.12 bits per heavy atom. The molecular weight excluding hydrogens is 241 g/mol. The molecular formula is C11H10ClF3O. The Balaban J connectivity index is 2.98. The molecule has 0 N–H and O–H groups in total. The highest BCUT2D eigenvalue weighted by molar-refractivity contribution is 6.64. The van der Waals surface area contributed by atoms with Crippen molar-refractivity contribution in [1.29, 1.82) is 0 Å². The van der Waals surface area contributed by atoms with E-state index in [1.165, 1.54) is 12.1 Å². The van der Waals surface area contributed by atoms with Crippen LogP contribution in [0.1, 0.15) is 30.4 Å². The van der Waals surface area contributed by atoms with Crippen molar-refractivity contribution >= 4 is 16.8 Å². The summed E-state index contributed by atoms with van der Waals surface area (Å²) in [5, 5.41) is -0.553. The van der Waals surface area contributed by atoms with Gasteiger partial charge in [0.15, 0.2) is 0 Å². The molecule has 0 bridgehead atoms. The normalized spacial score (nSPS) is 13.6. The zero-order valence-electron chi connectivity index (χ0n) is 8.51. The maximum Gasteiger partial charge on any atom is 0.416 e. The monoisotopic (exact) mass is 250 g/mol. The first-order chi connectivity index (χ1) is 7.36. The minimum absolute atomic E-state index is 0.466. The van der Waals surface area contributed by atoms with Crippen LogP contribution in [0.2, 0.25) is 0 Å². The largest absolute Gasteiger partial charge is 0.416 e. The number of halogens is 4. The van der Waals surface area contributed by atoms with Gasteiger partial charge in [-0.15, -0.1) is 0 Å². The van der Waals surface area contributed by atoms with Crippen molar-refractivity contribution in [2.75, 3.05) is 0 Å². The van der Waals surface area contributed by atoms with Crippen LogP contribution in [0.15, 0.2) is 24.3 Å². The number of alkyl halides is 3. The van der Waals surface area contributed by atoms with E-state index in [1.807, 2.05) is 0 Å². The summed E-state index contributed by atoms with van der Waals surface area (Å²) in [5.41, 5.74) is -0.219. The molecule has 0 aliphatic carbocycles. The zero-order valence-corrected chi connectivity index (χ0v) is 9.27. The summed E-state index contributed by atoms with van der Waals surface area (Å²) >= 11 is 5.35. The molecule has 0 radical (unpaired) electrons. The van der Waals surface area contributed by atoms with Gasteiger partial charge in [-0.1, -0.05) is 19.1 Å². The third-order valence-electron chi connectivity index (χ3n) is 2.32. The average Bonchev–Trinajstić information content (AvgIpc) is 2.17. The number of carbonyl (C=O) groups excluding carboxylic acids is 1. The molecule has 0 amide bonds. The molecule has 5 heteroatoms. The Morgan fingerprint density at radius 1 is 1.31 bits per heavy atom. The van der Waals surface area contributed by atoms with Crippen LogP contribution in [0, 0.1) is 0 Å². The van der Waals surface area contributed by atoms with Crippen LogP contribution < -0.4 is 0 Å². The summed E-state index contributed by atoms with van der Waals surface area (Å²) in [7, 11) is 0. The van der Waals surface area contributed by atoms with Crippen LogP contribution >= 0.6 is 11.6 Å². The number of hydrogen-bond acceptors (Lipinski definition) is 1. The quantitative estimate of drug-likeness (QED) is 0.742. The Kier molecular flexibility index (Phi) is 3.97. The van der Waals surface area contributed by atoms with Crippen LogP contribution in [0.5, 0.6) is 0 Å². The van der Waals surface area contributed by atoms with Gasteiger partial charge in [0.2, 0.25) is 5.24 Å².